The number of amides is 1. The van der Waals surface area contributed by atoms with Crippen molar-refractivity contribution in [2.24, 2.45) is 0 Å². The molecule has 130 valence electrons. The Bertz CT molecular complexity index is 781. The second-order valence-electron chi connectivity index (χ2n) is 5.13. The Morgan fingerprint density at radius 2 is 1.96 bits per heavy atom. The summed E-state index contributed by atoms with van der Waals surface area (Å²) in [5.41, 5.74) is 1.25. The van der Waals surface area contributed by atoms with E-state index in [0.717, 1.165) is 5.56 Å². The quantitative estimate of drug-likeness (QED) is 0.468. The lowest BCUT2D eigenvalue weighted by Crippen LogP contribution is -2.34. The molecule has 0 aliphatic rings. The normalized spacial score (nSPS) is 9.96. The summed E-state index contributed by atoms with van der Waals surface area (Å²) in [5, 5.41) is 16.2. The molecular weight excluding hydrogens is 342 g/mol. The number of nitrogens with zero attached hydrogens (tertiary/aromatic N) is 1. The molecule has 0 aliphatic heterocycles. The fourth-order valence-electron chi connectivity index (χ4n) is 2.15. The first-order valence-corrected chi connectivity index (χ1v) is 7.87. The lowest BCUT2D eigenvalue weighted by Gasteiger charge is -2.12. The van der Waals surface area contributed by atoms with Gasteiger partial charge in [-0.3, -0.25) is 14.9 Å². The van der Waals surface area contributed by atoms with Gasteiger partial charge in [0.2, 0.25) is 5.91 Å². The minimum Gasteiger partial charge on any atom is -0.495 e. The van der Waals surface area contributed by atoms with E-state index in [2.05, 4.69) is 10.6 Å². The third-order valence-corrected chi connectivity index (χ3v) is 3.58. The number of anilines is 1. The lowest BCUT2D eigenvalue weighted by molar-refractivity contribution is -0.384. The van der Waals surface area contributed by atoms with Crippen LogP contribution in [0.2, 0.25) is 0 Å². The van der Waals surface area contributed by atoms with E-state index in [-0.39, 0.29) is 23.1 Å². The molecule has 0 saturated heterocycles. The van der Waals surface area contributed by atoms with E-state index >= 15 is 0 Å². The summed E-state index contributed by atoms with van der Waals surface area (Å²) in [6, 6.07) is 13.7. The maximum atomic E-state index is 12.0. The molecule has 0 aromatic heterocycles. The van der Waals surface area contributed by atoms with Crippen molar-refractivity contribution >= 4 is 34.6 Å². The molecule has 0 radical (unpaired) electrons. The molecule has 1 amide bonds. The van der Waals surface area contributed by atoms with E-state index in [0.29, 0.717) is 17.9 Å². The van der Waals surface area contributed by atoms with Gasteiger partial charge in [0, 0.05) is 18.6 Å². The molecule has 2 aromatic rings. The van der Waals surface area contributed by atoms with Crippen molar-refractivity contribution in [2.45, 2.75) is 12.8 Å². The van der Waals surface area contributed by atoms with Gasteiger partial charge in [-0.25, -0.2) is 0 Å². The maximum Gasteiger partial charge on any atom is 0.271 e. The van der Waals surface area contributed by atoms with Gasteiger partial charge < -0.3 is 15.4 Å². The second-order valence-corrected chi connectivity index (χ2v) is 5.54. The van der Waals surface area contributed by atoms with Crippen molar-refractivity contribution in [3.8, 4) is 5.75 Å². The van der Waals surface area contributed by atoms with E-state index in [1.54, 1.807) is 0 Å². The van der Waals surface area contributed by atoms with Crippen LogP contribution in [0.4, 0.5) is 11.4 Å². The number of nitrogens with one attached hydrogen (secondary N) is 2. The average Bonchev–Trinajstić information content (AvgIpc) is 2.60. The number of aryl methyl sites for hydroxylation is 1. The van der Waals surface area contributed by atoms with E-state index < -0.39 is 4.92 Å². The zero-order chi connectivity index (χ0) is 18.2. The number of carbonyl (C=O) groups is 1. The summed E-state index contributed by atoms with van der Waals surface area (Å²) in [6.45, 7) is 0. The van der Waals surface area contributed by atoms with Crippen molar-refractivity contribution in [1.29, 1.82) is 0 Å². The zero-order valence-electron chi connectivity index (χ0n) is 13.5. The molecule has 7 nitrogen and oxygen atoms in total. The third-order valence-electron chi connectivity index (χ3n) is 3.38. The van der Waals surface area contributed by atoms with Crippen LogP contribution in [0, 0.1) is 10.1 Å². The molecule has 0 heterocycles. The highest BCUT2D eigenvalue weighted by atomic mass is 32.1. The first-order valence-electron chi connectivity index (χ1n) is 7.47. The number of nitro benzene ring substituents is 1. The number of rotatable bonds is 6. The van der Waals surface area contributed by atoms with E-state index in [9.17, 15) is 14.9 Å². The van der Waals surface area contributed by atoms with Crippen LogP contribution < -0.4 is 15.4 Å². The number of methoxy groups -OCH3 is 1. The molecule has 0 spiro atoms. The number of hydrogen-bond donors (Lipinski definition) is 2. The maximum absolute atomic E-state index is 12.0. The fraction of sp³-hybridized carbons (Fsp3) is 0.176. The van der Waals surface area contributed by atoms with Gasteiger partial charge in [-0.05, 0) is 30.3 Å². The van der Waals surface area contributed by atoms with Crippen molar-refractivity contribution in [3.63, 3.8) is 0 Å². The van der Waals surface area contributed by atoms with Gasteiger partial charge in [-0.1, -0.05) is 30.3 Å². The Hall–Kier alpha value is -3.00. The summed E-state index contributed by atoms with van der Waals surface area (Å²) < 4.78 is 5.13. The highest BCUT2D eigenvalue weighted by Gasteiger charge is 2.13. The Balaban J connectivity index is 1.94. The largest absolute Gasteiger partial charge is 0.495 e. The van der Waals surface area contributed by atoms with E-state index in [1.807, 2.05) is 30.3 Å². The molecule has 0 fully saturated rings. The Morgan fingerprint density at radius 3 is 2.60 bits per heavy atom. The Morgan fingerprint density at radius 1 is 1.24 bits per heavy atom. The molecule has 2 N–H and O–H groups in total. The first-order chi connectivity index (χ1) is 12.0. The molecule has 0 bridgehead atoms. The van der Waals surface area contributed by atoms with Crippen LogP contribution in [0.3, 0.4) is 0 Å². The molecule has 25 heavy (non-hydrogen) atoms. The van der Waals surface area contributed by atoms with Crippen molar-refractivity contribution < 1.29 is 14.5 Å². The van der Waals surface area contributed by atoms with Gasteiger partial charge in [0.15, 0.2) is 5.11 Å². The number of benzene rings is 2. The third kappa shape index (κ3) is 5.54. The topological polar surface area (TPSA) is 93.5 Å². The second kappa shape index (κ2) is 8.74. The van der Waals surface area contributed by atoms with Gasteiger partial charge >= 0.3 is 0 Å². The molecule has 2 aromatic carbocycles. The molecule has 0 aliphatic carbocycles. The monoisotopic (exact) mass is 359 g/mol. The molecule has 8 heteroatoms. The SMILES string of the molecule is COc1ccc([N+](=O)[O-])cc1NC(=S)NC(=O)CCc1ccccc1. The average molecular weight is 359 g/mol. The number of thiocarbonyl (C=S) groups is 1. The van der Waals surface area contributed by atoms with Crippen LogP contribution in [0.15, 0.2) is 48.5 Å². The lowest BCUT2D eigenvalue weighted by atomic mass is 10.1. The Labute approximate surface area is 150 Å². The number of non-ortho nitro benzene ring substituents is 1. The molecular formula is C17H17N3O4S. The minimum absolute atomic E-state index is 0.0526. The van der Waals surface area contributed by atoms with Crippen molar-refractivity contribution in [3.05, 3.63) is 64.2 Å². The number of ether oxygens (including phenoxy) is 1. The van der Waals surface area contributed by atoms with Crippen molar-refractivity contribution in [1.82, 2.24) is 5.32 Å². The van der Waals surface area contributed by atoms with Crippen molar-refractivity contribution in [2.75, 3.05) is 12.4 Å². The van der Waals surface area contributed by atoms with Gasteiger partial charge in [-0.2, -0.15) is 0 Å². The smallest absolute Gasteiger partial charge is 0.271 e. The summed E-state index contributed by atoms with van der Waals surface area (Å²) in [5.74, 6) is 0.136. The zero-order valence-corrected chi connectivity index (χ0v) is 14.3. The summed E-state index contributed by atoms with van der Waals surface area (Å²) >= 11 is 5.09. The first kappa shape index (κ1) is 18.3. The van der Waals surface area contributed by atoms with Gasteiger partial charge in [0.05, 0.1) is 17.7 Å². The predicted octanol–water partition coefficient (Wildman–Crippen LogP) is 3.05. The molecule has 0 unspecified atom stereocenters. The van der Waals surface area contributed by atoms with Crippen LogP contribution in [-0.4, -0.2) is 23.1 Å². The number of carbonyl (C=O) groups excluding carboxylic acids is 1. The number of nitro groups is 1. The molecule has 0 atom stereocenters. The summed E-state index contributed by atoms with van der Waals surface area (Å²) in [6.07, 6.45) is 0.868. The van der Waals surface area contributed by atoms with Gasteiger partial charge in [-0.15, -0.1) is 0 Å². The Kier molecular flexibility index (Phi) is 6.41. The number of hydrogen-bond acceptors (Lipinski definition) is 5. The van der Waals surface area contributed by atoms with E-state index in [4.69, 9.17) is 17.0 Å². The van der Waals surface area contributed by atoms with Gasteiger partial charge in [0.1, 0.15) is 5.75 Å². The van der Waals surface area contributed by atoms with Crippen LogP contribution in [-0.2, 0) is 11.2 Å². The molecule has 2 rings (SSSR count). The minimum atomic E-state index is -0.522. The van der Waals surface area contributed by atoms with E-state index in [1.165, 1.54) is 25.3 Å². The predicted molar refractivity (Wildman–Crippen MR) is 98.8 cm³/mol. The summed E-state index contributed by atoms with van der Waals surface area (Å²) in [4.78, 5) is 22.3. The van der Waals surface area contributed by atoms with Crippen LogP contribution in [0.25, 0.3) is 0 Å². The van der Waals surface area contributed by atoms with Gasteiger partial charge in [0.25, 0.3) is 5.69 Å². The van der Waals surface area contributed by atoms with Crippen LogP contribution in [0.5, 0.6) is 5.75 Å². The molecule has 0 saturated carbocycles. The fourth-order valence-corrected chi connectivity index (χ4v) is 2.38. The standard InChI is InChI=1S/C17H17N3O4S/c1-24-15-9-8-13(20(22)23)11-14(15)18-17(25)19-16(21)10-7-12-5-3-2-4-6-12/h2-6,8-9,11H,7,10H2,1H3,(H2,18,19,21,25). The summed E-state index contributed by atoms with van der Waals surface area (Å²) in [7, 11) is 1.44. The highest BCUT2D eigenvalue weighted by molar-refractivity contribution is 7.80. The van der Waals surface area contributed by atoms with Crippen LogP contribution >= 0.6 is 12.2 Å². The highest BCUT2D eigenvalue weighted by Crippen LogP contribution is 2.28. The van der Waals surface area contributed by atoms with Crippen LogP contribution in [0.1, 0.15) is 12.0 Å².